The fraction of sp³-hybridized carbons (Fsp3) is 0. The average Bonchev–Trinajstić information content (AvgIpc) is 3.18. The first-order chi connectivity index (χ1) is 25.0. The SMILES string of the molecule is Brc1cccc(-c2nccc3ccccc23)c1.Brc1cccc(-c2nccc3ccccc23)c1.Brc1cccc(-c2nccc3ccccc23)c1.[Ir]. The second kappa shape index (κ2) is 17.9. The van der Waals surface area contributed by atoms with Gasteiger partial charge in [-0.15, -0.1) is 0 Å². The molecule has 0 unspecified atom stereocenters. The van der Waals surface area contributed by atoms with Gasteiger partial charge in [0.2, 0.25) is 0 Å². The van der Waals surface area contributed by atoms with Crippen LogP contribution in [0.15, 0.2) is 196 Å². The van der Waals surface area contributed by atoms with Crippen molar-refractivity contribution in [2.75, 3.05) is 0 Å². The molecule has 3 aromatic heterocycles. The molecule has 0 fully saturated rings. The van der Waals surface area contributed by atoms with E-state index in [0.717, 1.165) is 47.2 Å². The van der Waals surface area contributed by atoms with Gasteiger partial charge in [0.1, 0.15) is 0 Å². The van der Waals surface area contributed by atoms with Crippen molar-refractivity contribution in [2.45, 2.75) is 0 Å². The molecule has 52 heavy (non-hydrogen) atoms. The standard InChI is InChI=1S/3C15H10BrN.Ir/c3*16-13-6-3-5-12(10-13)15-14-7-2-1-4-11(14)8-9-17-15;/h3*1-10H;. The maximum Gasteiger partial charge on any atom is 0.0780 e. The van der Waals surface area contributed by atoms with Gasteiger partial charge in [0, 0.05) is 85.0 Å². The monoisotopic (exact) mass is 1040 g/mol. The number of nitrogens with zero attached hydrogens (tertiary/aromatic N) is 3. The van der Waals surface area contributed by atoms with E-state index in [1.54, 1.807) is 0 Å². The summed E-state index contributed by atoms with van der Waals surface area (Å²) < 4.78 is 3.22. The molecule has 0 atom stereocenters. The number of aromatic nitrogens is 3. The van der Waals surface area contributed by atoms with Crippen LogP contribution in [0.25, 0.3) is 66.1 Å². The molecule has 0 amide bonds. The Balaban J connectivity index is 0.000000133. The minimum atomic E-state index is 0. The van der Waals surface area contributed by atoms with Crippen LogP contribution in [-0.2, 0) is 20.1 Å². The van der Waals surface area contributed by atoms with Crippen molar-refractivity contribution < 1.29 is 20.1 Å². The molecule has 0 spiro atoms. The van der Waals surface area contributed by atoms with Crippen LogP contribution in [-0.4, -0.2) is 15.0 Å². The van der Waals surface area contributed by atoms with E-state index in [9.17, 15) is 0 Å². The summed E-state index contributed by atoms with van der Waals surface area (Å²) in [5, 5.41) is 7.22. The van der Waals surface area contributed by atoms with Gasteiger partial charge in [0.05, 0.1) is 17.1 Å². The number of hydrogen-bond donors (Lipinski definition) is 0. The van der Waals surface area contributed by atoms with Gasteiger partial charge in [-0.1, -0.05) is 157 Å². The fourth-order valence-electron chi connectivity index (χ4n) is 5.96. The van der Waals surface area contributed by atoms with Crippen molar-refractivity contribution in [3.63, 3.8) is 0 Å². The summed E-state index contributed by atoms with van der Waals surface area (Å²) in [5.74, 6) is 0. The number of pyridine rings is 3. The third-order valence-electron chi connectivity index (χ3n) is 8.32. The third kappa shape index (κ3) is 8.98. The van der Waals surface area contributed by atoms with Crippen molar-refractivity contribution in [1.82, 2.24) is 15.0 Å². The molecule has 7 heteroatoms. The molecule has 0 aliphatic heterocycles. The van der Waals surface area contributed by atoms with Gasteiger partial charge in [-0.25, -0.2) is 0 Å². The molecule has 0 bridgehead atoms. The topological polar surface area (TPSA) is 38.7 Å². The molecule has 6 aromatic carbocycles. The van der Waals surface area contributed by atoms with Crippen LogP contribution in [0.3, 0.4) is 0 Å². The zero-order chi connectivity index (χ0) is 35.0. The first-order valence-electron chi connectivity index (χ1n) is 16.3. The molecule has 3 heterocycles. The Morgan fingerprint density at radius 3 is 0.885 bits per heavy atom. The van der Waals surface area contributed by atoms with Gasteiger partial charge in [0.25, 0.3) is 0 Å². The number of rotatable bonds is 3. The third-order valence-corrected chi connectivity index (χ3v) is 9.79. The Morgan fingerprint density at radius 1 is 0.308 bits per heavy atom. The van der Waals surface area contributed by atoms with Gasteiger partial charge in [-0.3, -0.25) is 15.0 Å². The van der Waals surface area contributed by atoms with Crippen molar-refractivity contribution in [1.29, 1.82) is 0 Å². The summed E-state index contributed by atoms with van der Waals surface area (Å²) in [4.78, 5) is 13.5. The van der Waals surface area contributed by atoms with Gasteiger partial charge in [-0.05, 0) is 70.8 Å². The van der Waals surface area contributed by atoms with Gasteiger partial charge >= 0.3 is 0 Å². The molecule has 0 saturated carbocycles. The summed E-state index contributed by atoms with van der Waals surface area (Å²) in [6.07, 6.45) is 5.58. The Labute approximate surface area is 342 Å². The summed E-state index contributed by atoms with van der Waals surface area (Å²) in [5.41, 5.74) is 6.50. The van der Waals surface area contributed by atoms with Gasteiger partial charge in [-0.2, -0.15) is 0 Å². The molecule has 0 aliphatic rings. The van der Waals surface area contributed by atoms with E-state index in [2.05, 4.69) is 136 Å². The first-order valence-corrected chi connectivity index (χ1v) is 18.7. The van der Waals surface area contributed by atoms with Crippen molar-refractivity contribution in [3.05, 3.63) is 196 Å². The molecule has 9 aromatic rings. The smallest absolute Gasteiger partial charge is 0.0780 e. The predicted molar refractivity (Wildman–Crippen MR) is 225 cm³/mol. The first kappa shape index (κ1) is 37.4. The van der Waals surface area contributed by atoms with E-state index in [4.69, 9.17) is 0 Å². The molecular weight excluding hydrogens is 1010 g/mol. The summed E-state index contributed by atoms with van der Waals surface area (Å²) >= 11 is 10.5. The molecular formula is C45H30Br3IrN3. The number of hydrogen-bond acceptors (Lipinski definition) is 3. The van der Waals surface area contributed by atoms with Crippen LogP contribution in [0, 0.1) is 0 Å². The fourth-order valence-corrected chi connectivity index (χ4v) is 7.15. The summed E-state index contributed by atoms with van der Waals surface area (Å²) in [6.45, 7) is 0. The van der Waals surface area contributed by atoms with Crippen LogP contribution >= 0.6 is 47.8 Å². The van der Waals surface area contributed by atoms with Crippen LogP contribution in [0.5, 0.6) is 0 Å². The molecule has 0 N–H and O–H groups in total. The second-order valence-corrected chi connectivity index (χ2v) is 14.4. The summed E-state index contributed by atoms with van der Waals surface area (Å²) in [7, 11) is 0. The minimum absolute atomic E-state index is 0. The normalized spacial score (nSPS) is 10.4. The second-order valence-electron chi connectivity index (χ2n) is 11.7. The number of benzene rings is 6. The van der Waals surface area contributed by atoms with Crippen molar-refractivity contribution in [2.24, 2.45) is 0 Å². The Hall–Kier alpha value is -4.36. The van der Waals surface area contributed by atoms with Crippen LogP contribution in [0.4, 0.5) is 0 Å². The largest absolute Gasteiger partial charge is 0.256 e. The zero-order valence-corrected chi connectivity index (χ0v) is 34.8. The van der Waals surface area contributed by atoms with Crippen LogP contribution < -0.4 is 0 Å². The molecule has 0 aliphatic carbocycles. The molecule has 255 valence electrons. The predicted octanol–water partition coefficient (Wildman–Crippen LogP) is 14.0. The Bertz CT molecular complexity index is 2310. The van der Waals surface area contributed by atoms with Crippen molar-refractivity contribution in [3.8, 4) is 33.8 Å². The maximum absolute atomic E-state index is 4.50. The van der Waals surface area contributed by atoms with E-state index in [0.29, 0.717) is 0 Å². The van der Waals surface area contributed by atoms with Crippen molar-refractivity contribution >= 4 is 80.1 Å². The van der Waals surface area contributed by atoms with Gasteiger partial charge in [0.15, 0.2) is 0 Å². The quantitative estimate of drug-likeness (QED) is 0.177. The minimum Gasteiger partial charge on any atom is -0.256 e. The van der Waals surface area contributed by atoms with E-state index in [1.165, 1.54) is 32.3 Å². The molecule has 0 saturated heterocycles. The molecule has 1 radical (unpaired) electrons. The summed E-state index contributed by atoms with van der Waals surface area (Å²) in [6, 6.07) is 55.7. The number of fused-ring (bicyclic) bond motifs is 3. The van der Waals surface area contributed by atoms with E-state index in [1.807, 2.05) is 110 Å². The number of halogens is 3. The van der Waals surface area contributed by atoms with E-state index in [-0.39, 0.29) is 20.1 Å². The molecule has 3 nitrogen and oxygen atoms in total. The van der Waals surface area contributed by atoms with Crippen LogP contribution in [0.2, 0.25) is 0 Å². The average molecular weight is 1040 g/mol. The Kier molecular flexibility index (Phi) is 12.9. The zero-order valence-electron chi connectivity index (χ0n) is 27.6. The Morgan fingerprint density at radius 2 is 0.596 bits per heavy atom. The molecule has 9 rings (SSSR count). The maximum atomic E-state index is 4.50. The van der Waals surface area contributed by atoms with Gasteiger partial charge < -0.3 is 0 Å². The van der Waals surface area contributed by atoms with Crippen LogP contribution in [0.1, 0.15) is 0 Å². The van der Waals surface area contributed by atoms with E-state index < -0.39 is 0 Å². The van der Waals surface area contributed by atoms with E-state index >= 15 is 0 Å².